The number of piperazine rings is 1. The highest BCUT2D eigenvalue weighted by Crippen LogP contribution is 2.22. The molecule has 1 unspecified atom stereocenters. The van der Waals surface area contributed by atoms with Crippen LogP contribution in [0.5, 0.6) is 0 Å². The number of carboxylic acids is 1. The summed E-state index contributed by atoms with van der Waals surface area (Å²) in [5.74, 6) is -1.48. The molecule has 2 aromatic carbocycles. The van der Waals surface area contributed by atoms with Gasteiger partial charge in [0.25, 0.3) is 5.91 Å². The van der Waals surface area contributed by atoms with Gasteiger partial charge in [-0.1, -0.05) is 48.5 Å². The molecule has 1 fully saturated rings. The molecule has 1 aliphatic heterocycles. The van der Waals surface area contributed by atoms with Gasteiger partial charge in [0.1, 0.15) is 17.6 Å². The molecule has 4 N–H and O–H groups in total. The van der Waals surface area contributed by atoms with Crippen LogP contribution < -0.4 is 10.6 Å². The number of para-hydroxylation sites is 1. The van der Waals surface area contributed by atoms with Gasteiger partial charge in [-0.3, -0.25) is 18.9 Å². The van der Waals surface area contributed by atoms with Crippen LogP contribution >= 0.6 is 0 Å². The Morgan fingerprint density at radius 2 is 1.49 bits per heavy atom. The normalized spacial score (nSPS) is 13.7. The predicted molar refractivity (Wildman–Crippen MR) is 168 cm³/mol. The van der Waals surface area contributed by atoms with Gasteiger partial charge in [0, 0.05) is 49.9 Å². The number of benzene rings is 2. The van der Waals surface area contributed by atoms with Crippen molar-refractivity contribution < 1.29 is 55.2 Å². The smallest absolute Gasteiger partial charge is 0.481 e. The van der Waals surface area contributed by atoms with E-state index in [1.807, 2.05) is 60.7 Å². The van der Waals surface area contributed by atoms with Crippen LogP contribution in [0.15, 0.2) is 66.7 Å². The summed E-state index contributed by atoms with van der Waals surface area (Å²) in [5, 5.41) is 15.1. The Bertz CT molecular complexity index is 1710. The van der Waals surface area contributed by atoms with E-state index in [9.17, 15) is 37.5 Å². The number of carboxylic acid groups (broad SMARTS) is 1. The van der Waals surface area contributed by atoms with Gasteiger partial charge in [0.2, 0.25) is 5.91 Å². The molecule has 1 aliphatic rings. The zero-order valence-corrected chi connectivity index (χ0v) is 26.8. The van der Waals surface area contributed by atoms with Gasteiger partial charge in [-0.05, 0) is 25.5 Å². The number of hydrogen-bond donors (Lipinski definition) is 4. The first-order valence-corrected chi connectivity index (χ1v) is 16.1. The van der Waals surface area contributed by atoms with E-state index in [0.717, 1.165) is 5.69 Å². The fourth-order valence-electron chi connectivity index (χ4n) is 4.32. The van der Waals surface area contributed by atoms with Crippen LogP contribution in [-0.2, 0) is 24.4 Å². The Labute approximate surface area is 278 Å². The number of aliphatic carboxylic acids is 1. The summed E-state index contributed by atoms with van der Waals surface area (Å²) < 4.78 is 62.6. The first-order chi connectivity index (χ1) is 23.1. The summed E-state index contributed by atoms with van der Waals surface area (Å²) in [6.45, 7) is 2.96. The number of nitrogens with zero attached hydrogens (tertiary/aromatic N) is 4. The molecule has 1 atom stereocenters. The number of rotatable bonds is 10. The lowest BCUT2D eigenvalue weighted by atomic mass is 10.1. The van der Waals surface area contributed by atoms with Crippen molar-refractivity contribution in [2.24, 2.45) is 0 Å². The van der Waals surface area contributed by atoms with Crippen molar-refractivity contribution in [3.05, 3.63) is 72.4 Å². The standard InChI is InChI=1S/C29H32N6O6.CHF3O3S/c1-2-41-29(40)35-17-15-34(16-18-35)28(39)22(13-14-25(36)37)32-27(38)23-19-24(30-21-11-7-4-8-12-21)33-26(31-23)20-9-5-3-6-10-20;2-1(3,4)8(5,6)7/h3-12,19,22H,2,13-18H2,1H3,(H,32,38)(H,36,37)(H,30,31,33);(H,5,6,7). The minimum atomic E-state index is -5.84. The zero-order valence-electron chi connectivity index (χ0n) is 26.0. The molecule has 0 radical (unpaired) electrons. The minimum Gasteiger partial charge on any atom is -0.481 e. The fourth-order valence-corrected chi connectivity index (χ4v) is 4.32. The maximum Gasteiger partial charge on any atom is 0.522 e. The summed E-state index contributed by atoms with van der Waals surface area (Å²) in [6, 6.07) is 18.8. The van der Waals surface area contributed by atoms with Gasteiger partial charge in [0.15, 0.2) is 5.82 Å². The van der Waals surface area contributed by atoms with Crippen molar-refractivity contribution in [1.29, 1.82) is 0 Å². The maximum absolute atomic E-state index is 13.5. The summed E-state index contributed by atoms with van der Waals surface area (Å²) >= 11 is 0. The van der Waals surface area contributed by atoms with Crippen molar-refractivity contribution in [3.8, 4) is 11.4 Å². The highest BCUT2D eigenvalue weighted by atomic mass is 32.2. The van der Waals surface area contributed by atoms with Crippen LogP contribution in [0.3, 0.4) is 0 Å². The molecular formula is C30H33F3N6O9S. The van der Waals surface area contributed by atoms with Crippen LogP contribution in [0.4, 0.5) is 29.5 Å². The fraction of sp³-hybridized carbons (Fsp3) is 0.333. The Balaban J connectivity index is 0.000000723. The van der Waals surface area contributed by atoms with Crippen LogP contribution in [0.25, 0.3) is 11.4 Å². The van der Waals surface area contributed by atoms with Crippen LogP contribution in [0.1, 0.15) is 30.3 Å². The molecule has 49 heavy (non-hydrogen) atoms. The second kappa shape index (κ2) is 17.2. The van der Waals surface area contributed by atoms with E-state index in [1.165, 1.54) is 15.9 Å². The molecule has 3 amide bonds. The Morgan fingerprint density at radius 1 is 0.939 bits per heavy atom. The first kappa shape index (κ1) is 38.2. The van der Waals surface area contributed by atoms with Gasteiger partial charge < -0.3 is 30.3 Å². The van der Waals surface area contributed by atoms with E-state index in [-0.39, 0.29) is 51.3 Å². The molecule has 19 heteroatoms. The number of alkyl halides is 3. The van der Waals surface area contributed by atoms with Crippen LogP contribution in [0.2, 0.25) is 0 Å². The minimum absolute atomic E-state index is 0.0116. The number of aromatic nitrogens is 2. The van der Waals surface area contributed by atoms with E-state index in [1.54, 1.807) is 6.92 Å². The summed E-state index contributed by atoms with van der Waals surface area (Å²) in [6.07, 6.45) is -0.878. The third-order valence-electron chi connectivity index (χ3n) is 6.70. The molecular weight excluding hydrogens is 677 g/mol. The largest absolute Gasteiger partial charge is 0.522 e. The number of hydrogen-bond acceptors (Lipinski definition) is 10. The molecule has 264 valence electrons. The number of amides is 3. The lowest BCUT2D eigenvalue weighted by Crippen LogP contribution is -2.56. The molecule has 0 aliphatic carbocycles. The molecule has 1 saturated heterocycles. The number of ether oxygens (including phenoxy) is 1. The number of nitrogens with one attached hydrogen (secondary N) is 2. The molecule has 2 heterocycles. The highest BCUT2D eigenvalue weighted by Gasteiger charge is 2.44. The van der Waals surface area contributed by atoms with Gasteiger partial charge in [-0.25, -0.2) is 14.8 Å². The van der Waals surface area contributed by atoms with E-state index in [2.05, 4.69) is 20.6 Å². The predicted octanol–water partition coefficient (Wildman–Crippen LogP) is 3.55. The number of anilines is 2. The zero-order chi connectivity index (χ0) is 36.2. The number of halogens is 3. The van der Waals surface area contributed by atoms with E-state index >= 15 is 0 Å². The number of carbonyl (C=O) groups excluding carboxylic acids is 3. The van der Waals surface area contributed by atoms with Crippen molar-refractivity contribution >= 4 is 45.5 Å². The molecule has 0 spiro atoms. The summed E-state index contributed by atoms with van der Waals surface area (Å²) in [5.41, 5.74) is -4.07. The van der Waals surface area contributed by atoms with E-state index in [0.29, 0.717) is 17.2 Å². The summed E-state index contributed by atoms with van der Waals surface area (Å²) in [7, 11) is -5.84. The first-order valence-electron chi connectivity index (χ1n) is 14.6. The van der Waals surface area contributed by atoms with Crippen LogP contribution in [-0.4, -0.2) is 106 Å². The molecule has 3 aromatic rings. The van der Waals surface area contributed by atoms with Crippen molar-refractivity contribution in [1.82, 2.24) is 25.1 Å². The Kier molecular flexibility index (Phi) is 13.4. The lowest BCUT2D eigenvalue weighted by molar-refractivity contribution is -0.138. The van der Waals surface area contributed by atoms with Crippen molar-refractivity contribution in [2.45, 2.75) is 31.3 Å². The molecule has 4 rings (SSSR count). The highest BCUT2D eigenvalue weighted by molar-refractivity contribution is 7.86. The van der Waals surface area contributed by atoms with Gasteiger partial charge in [0.05, 0.1) is 6.61 Å². The molecule has 0 bridgehead atoms. The SMILES string of the molecule is CCOC(=O)N1CCN(C(=O)C(CCC(=O)O)NC(=O)c2cc(Nc3ccccc3)nc(-c3ccccc3)n2)CC1.O=S(=O)(O)C(F)(F)F. The maximum atomic E-state index is 13.5. The Hall–Kier alpha value is -5.30. The van der Waals surface area contributed by atoms with Crippen molar-refractivity contribution in [2.75, 3.05) is 38.1 Å². The molecule has 0 saturated carbocycles. The van der Waals surface area contributed by atoms with E-state index < -0.39 is 45.5 Å². The third kappa shape index (κ3) is 11.7. The van der Waals surface area contributed by atoms with Gasteiger partial charge >= 0.3 is 27.7 Å². The van der Waals surface area contributed by atoms with Crippen molar-refractivity contribution in [3.63, 3.8) is 0 Å². The lowest BCUT2D eigenvalue weighted by Gasteiger charge is -2.35. The second-order valence-electron chi connectivity index (χ2n) is 10.2. The molecule has 1 aromatic heterocycles. The monoisotopic (exact) mass is 710 g/mol. The number of carbonyl (C=O) groups is 4. The molecule has 15 nitrogen and oxygen atoms in total. The van der Waals surface area contributed by atoms with Gasteiger partial charge in [-0.2, -0.15) is 21.6 Å². The average molecular weight is 711 g/mol. The van der Waals surface area contributed by atoms with Crippen LogP contribution in [0, 0.1) is 0 Å². The topological polar surface area (TPSA) is 208 Å². The van der Waals surface area contributed by atoms with Gasteiger partial charge in [-0.15, -0.1) is 0 Å². The quantitative estimate of drug-likeness (QED) is 0.176. The average Bonchev–Trinajstić information content (AvgIpc) is 3.06. The third-order valence-corrected chi connectivity index (χ3v) is 7.28. The second-order valence-corrected chi connectivity index (χ2v) is 11.6. The Morgan fingerprint density at radius 3 is 2.02 bits per heavy atom. The van der Waals surface area contributed by atoms with E-state index in [4.69, 9.17) is 17.7 Å². The summed E-state index contributed by atoms with van der Waals surface area (Å²) in [4.78, 5) is 62.3.